The van der Waals surface area contributed by atoms with Gasteiger partial charge in [-0.1, -0.05) is 0 Å². The normalized spacial score (nSPS) is 16.8. The third kappa shape index (κ3) is 2.72. The minimum Gasteiger partial charge on any atom is -0.391 e. The first-order valence-electron chi connectivity index (χ1n) is 6.47. The Morgan fingerprint density at radius 2 is 1.89 bits per heavy atom. The number of hydrogen-bond donors (Lipinski definition) is 1. The van der Waals surface area contributed by atoms with Crippen LogP contribution in [0.2, 0.25) is 0 Å². The number of nitrogens with two attached hydrogens (primary N) is 1. The summed E-state index contributed by atoms with van der Waals surface area (Å²) >= 11 is 1.60. The number of nitrogens with zero attached hydrogens (tertiary/aromatic N) is 3. The first-order valence-corrected chi connectivity index (χ1v) is 7.29. The van der Waals surface area contributed by atoms with Crippen molar-refractivity contribution in [2.75, 3.05) is 43.9 Å². The number of aromatic nitrogens is 1. The number of anilines is 2. The zero-order valence-corrected chi connectivity index (χ0v) is 11.9. The molecule has 0 unspecified atom stereocenters. The molecule has 0 spiro atoms. The SMILES string of the molecule is CN1CCN(c2ccc(-c3ccc(N)s3)cn2)CC1. The molecule has 100 valence electrons. The molecule has 19 heavy (non-hydrogen) atoms. The van der Waals surface area contributed by atoms with Gasteiger partial charge in [0.2, 0.25) is 0 Å². The second-order valence-corrected chi connectivity index (χ2v) is 6.01. The molecule has 0 atom stereocenters. The van der Waals surface area contributed by atoms with Gasteiger partial charge in [0.1, 0.15) is 5.82 Å². The summed E-state index contributed by atoms with van der Waals surface area (Å²) in [6, 6.07) is 8.23. The summed E-state index contributed by atoms with van der Waals surface area (Å²) in [4.78, 5) is 10.4. The van der Waals surface area contributed by atoms with E-state index in [4.69, 9.17) is 5.73 Å². The number of nitrogen functional groups attached to an aromatic ring is 1. The van der Waals surface area contributed by atoms with E-state index in [1.807, 2.05) is 18.3 Å². The highest BCUT2D eigenvalue weighted by Crippen LogP contribution is 2.29. The first-order chi connectivity index (χ1) is 9.22. The molecular weight excluding hydrogens is 256 g/mol. The number of likely N-dealkylation sites (N-methyl/N-ethyl adjacent to an activating group) is 1. The van der Waals surface area contributed by atoms with Gasteiger partial charge >= 0.3 is 0 Å². The fraction of sp³-hybridized carbons (Fsp3) is 0.357. The summed E-state index contributed by atoms with van der Waals surface area (Å²) in [6.45, 7) is 4.30. The van der Waals surface area contributed by atoms with Crippen LogP contribution in [0.5, 0.6) is 0 Å². The number of piperazine rings is 1. The fourth-order valence-corrected chi connectivity index (χ4v) is 3.03. The molecule has 3 heterocycles. The molecule has 0 bridgehead atoms. The van der Waals surface area contributed by atoms with Crippen LogP contribution in [0, 0.1) is 0 Å². The van der Waals surface area contributed by atoms with Crippen LogP contribution in [0.4, 0.5) is 10.8 Å². The van der Waals surface area contributed by atoms with Gasteiger partial charge in [-0.05, 0) is 31.3 Å². The van der Waals surface area contributed by atoms with Gasteiger partial charge in [-0.15, -0.1) is 11.3 Å². The molecule has 0 aliphatic carbocycles. The molecule has 2 N–H and O–H groups in total. The van der Waals surface area contributed by atoms with Crippen LogP contribution >= 0.6 is 11.3 Å². The maximum atomic E-state index is 5.76. The van der Waals surface area contributed by atoms with E-state index in [1.165, 1.54) is 4.88 Å². The second-order valence-electron chi connectivity index (χ2n) is 4.90. The maximum Gasteiger partial charge on any atom is 0.128 e. The van der Waals surface area contributed by atoms with Crippen LogP contribution in [0.15, 0.2) is 30.5 Å². The quantitative estimate of drug-likeness (QED) is 0.911. The highest BCUT2D eigenvalue weighted by molar-refractivity contribution is 7.19. The monoisotopic (exact) mass is 274 g/mol. The lowest BCUT2D eigenvalue weighted by Crippen LogP contribution is -2.44. The predicted molar refractivity (Wildman–Crippen MR) is 81.7 cm³/mol. The fourth-order valence-electron chi connectivity index (χ4n) is 2.26. The maximum absolute atomic E-state index is 5.76. The van der Waals surface area contributed by atoms with Crippen LogP contribution < -0.4 is 10.6 Å². The van der Waals surface area contributed by atoms with Crippen LogP contribution in [0.1, 0.15) is 0 Å². The van der Waals surface area contributed by atoms with Gasteiger partial charge in [0, 0.05) is 42.8 Å². The van der Waals surface area contributed by atoms with Gasteiger partial charge in [-0.25, -0.2) is 4.98 Å². The largest absolute Gasteiger partial charge is 0.391 e. The van der Waals surface area contributed by atoms with Crippen molar-refractivity contribution in [3.63, 3.8) is 0 Å². The third-order valence-corrected chi connectivity index (χ3v) is 4.45. The van der Waals surface area contributed by atoms with Crippen LogP contribution in [-0.2, 0) is 0 Å². The molecule has 5 heteroatoms. The minimum absolute atomic E-state index is 0.846. The van der Waals surface area contributed by atoms with Crippen molar-refractivity contribution in [2.24, 2.45) is 0 Å². The first kappa shape index (κ1) is 12.4. The van der Waals surface area contributed by atoms with Gasteiger partial charge in [0.05, 0.1) is 5.00 Å². The molecule has 3 rings (SSSR count). The molecule has 1 aliphatic rings. The predicted octanol–water partition coefficient (Wildman–Crippen LogP) is 2.14. The highest BCUT2D eigenvalue weighted by Gasteiger charge is 2.15. The summed E-state index contributed by atoms with van der Waals surface area (Å²) in [5, 5.41) is 0.846. The van der Waals surface area contributed by atoms with Gasteiger partial charge in [-0.2, -0.15) is 0 Å². The van der Waals surface area contributed by atoms with E-state index in [-0.39, 0.29) is 0 Å². The summed E-state index contributed by atoms with van der Waals surface area (Å²) in [5.74, 6) is 1.07. The molecule has 0 amide bonds. The molecule has 1 aliphatic heterocycles. The minimum atomic E-state index is 0.846. The lowest BCUT2D eigenvalue weighted by molar-refractivity contribution is 0.312. The van der Waals surface area contributed by atoms with Gasteiger partial charge < -0.3 is 15.5 Å². The Bertz CT molecular complexity index is 541. The zero-order valence-electron chi connectivity index (χ0n) is 11.0. The van der Waals surface area contributed by atoms with Gasteiger partial charge in [0.25, 0.3) is 0 Å². The summed E-state index contributed by atoms with van der Waals surface area (Å²) in [6.07, 6.45) is 1.94. The summed E-state index contributed by atoms with van der Waals surface area (Å²) in [7, 11) is 2.16. The Morgan fingerprint density at radius 3 is 2.47 bits per heavy atom. The van der Waals surface area contributed by atoms with Crippen molar-refractivity contribution in [2.45, 2.75) is 0 Å². The number of pyridine rings is 1. The van der Waals surface area contributed by atoms with Crippen LogP contribution in [-0.4, -0.2) is 43.1 Å². The van der Waals surface area contributed by atoms with Gasteiger partial charge in [-0.3, -0.25) is 0 Å². The molecule has 1 fully saturated rings. The molecule has 0 saturated carbocycles. The van der Waals surface area contributed by atoms with E-state index < -0.39 is 0 Å². The number of rotatable bonds is 2. The average molecular weight is 274 g/mol. The molecule has 4 nitrogen and oxygen atoms in total. The van der Waals surface area contributed by atoms with Crippen LogP contribution in [0.3, 0.4) is 0 Å². The summed E-state index contributed by atoms with van der Waals surface area (Å²) in [5.41, 5.74) is 6.90. The summed E-state index contributed by atoms with van der Waals surface area (Å²) < 4.78 is 0. The molecule has 0 aromatic carbocycles. The Hall–Kier alpha value is -1.59. The Balaban J connectivity index is 1.75. The smallest absolute Gasteiger partial charge is 0.128 e. The van der Waals surface area contributed by atoms with Crippen LogP contribution in [0.25, 0.3) is 10.4 Å². The average Bonchev–Trinajstić information content (AvgIpc) is 2.87. The zero-order chi connectivity index (χ0) is 13.2. The second kappa shape index (κ2) is 5.19. The van der Waals surface area contributed by atoms with E-state index in [1.54, 1.807) is 11.3 Å². The Kier molecular flexibility index (Phi) is 3.40. The van der Waals surface area contributed by atoms with Gasteiger partial charge in [0.15, 0.2) is 0 Å². The van der Waals surface area contributed by atoms with E-state index >= 15 is 0 Å². The number of hydrogen-bond acceptors (Lipinski definition) is 5. The molecule has 1 saturated heterocycles. The molecule has 0 radical (unpaired) electrons. The molecule has 2 aromatic rings. The van der Waals surface area contributed by atoms with Crippen molar-refractivity contribution in [1.29, 1.82) is 0 Å². The van der Waals surface area contributed by atoms with Crippen molar-refractivity contribution in [3.05, 3.63) is 30.5 Å². The van der Waals surface area contributed by atoms with Crippen molar-refractivity contribution in [3.8, 4) is 10.4 Å². The molecular formula is C14H18N4S. The van der Waals surface area contributed by atoms with E-state index in [9.17, 15) is 0 Å². The van der Waals surface area contributed by atoms with E-state index in [0.29, 0.717) is 0 Å². The highest BCUT2D eigenvalue weighted by atomic mass is 32.1. The number of thiophene rings is 1. The van der Waals surface area contributed by atoms with Crippen molar-refractivity contribution >= 4 is 22.2 Å². The van der Waals surface area contributed by atoms with E-state index in [2.05, 4.69) is 34.0 Å². The molecule has 2 aromatic heterocycles. The Morgan fingerprint density at radius 1 is 1.11 bits per heavy atom. The van der Waals surface area contributed by atoms with E-state index in [0.717, 1.165) is 42.6 Å². The Labute approximate surface area is 117 Å². The van der Waals surface area contributed by atoms with Crippen molar-refractivity contribution in [1.82, 2.24) is 9.88 Å². The topological polar surface area (TPSA) is 45.4 Å². The standard InChI is InChI=1S/C14H18N4S/c1-17-6-8-18(9-7-17)14-5-2-11(10-16-14)12-3-4-13(15)19-12/h2-5,10H,6-9,15H2,1H3. The third-order valence-electron chi connectivity index (χ3n) is 3.49. The van der Waals surface area contributed by atoms with Crippen molar-refractivity contribution < 1.29 is 0 Å². The lowest BCUT2D eigenvalue weighted by atomic mass is 10.2. The lowest BCUT2D eigenvalue weighted by Gasteiger charge is -2.33.